The van der Waals surface area contributed by atoms with Crippen LogP contribution >= 0.6 is 0 Å². The summed E-state index contributed by atoms with van der Waals surface area (Å²) >= 11 is 0. The summed E-state index contributed by atoms with van der Waals surface area (Å²) < 4.78 is 1.94. The van der Waals surface area contributed by atoms with Crippen molar-refractivity contribution in [3.8, 4) is 0 Å². The number of nitrogens with one attached hydrogen (secondary N) is 1. The Bertz CT molecular complexity index is 1100. The maximum Gasteiger partial charge on any atom is 0.252 e. The first-order chi connectivity index (χ1) is 14.8. The van der Waals surface area contributed by atoms with Gasteiger partial charge in [0.2, 0.25) is 0 Å². The van der Waals surface area contributed by atoms with Crippen LogP contribution in [0.1, 0.15) is 82.8 Å². The lowest BCUT2D eigenvalue weighted by molar-refractivity contribution is 0.108. The molecule has 1 N–H and O–H groups in total. The first kappa shape index (κ1) is 21.7. The molecule has 0 saturated heterocycles. The van der Waals surface area contributed by atoms with Gasteiger partial charge in [-0.15, -0.1) is 5.10 Å². The standard InChI is InChI=1S/C24H34N6O/c1-6-20(22-26-27-28-30(22)24(3,4)5)29(19-12-7-8-13-19)15-18-14-17-11-9-10-16(2)21(17)25-23(18)31/h9-11,14,19-20H,6-8,12-13,15H2,1-5H3,(H,25,31). The SMILES string of the molecule is CCC(c1nnnn1C(C)(C)C)N(Cc1cc2cccc(C)c2[nH]c1=O)C1CCCC1. The van der Waals surface area contributed by atoms with Crippen LogP contribution in [-0.4, -0.2) is 36.1 Å². The Balaban J connectivity index is 1.76. The molecule has 2 heterocycles. The highest BCUT2D eigenvalue weighted by Gasteiger charge is 2.34. The fourth-order valence-corrected chi connectivity index (χ4v) is 4.92. The van der Waals surface area contributed by atoms with Crippen molar-refractivity contribution in [2.75, 3.05) is 0 Å². The van der Waals surface area contributed by atoms with E-state index in [4.69, 9.17) is 0 Å². The lowest BCUT2D eigenvalue weighted by atomic mass is 10.0. The lowest BCUT2D eigenvalue weighted by Gasteiger charge is -2.36. The molecule has 31 heavy (non-hydrogen) atoms. The highest BCUT2D eigenvalue weighted by molar-refractivity contribution is 5.81. The second-order valence-electron chi connectivity index (χ2n) is 9.82. The molecular formula is C24H34N6O. The van der Waals surface area contributed by atoms with Crippen molar-refractivity contribution in [3.63, 3.8) is 0 Å². The van der Waals surface area contributed by atoms with Crippen LogP contribution in [0.25, 0.3) is 10.9 Å². The van der Waals surface area contributed by atoms with Crippen molar-refractivity contribution in [1.29, 1.82) is 0 Å². The first-order valence-electron chi connectivity index (χ1n) is 11.5. The van der Waals surface area contributed by atoms with E-state index in [0.29, 0.717) is 12.6 Å². The van der Waals surface area contributed by atoms with Crippen molar-refractivity contribution in [2.24, 2.45) is 0 Å². The van der Waals surface area contributed by atoms with E-state index in [-0.39, 0.29) is 17.1 Å². The monoisotopic (exact) mass is 422 g/mol. The summed E-state index contributed by atoms with van der Waals surface area (Å²) in [5.74, 6) is 0.884. The Labute approximate surface area is 183 Å². The molecule has 0 radical (unpaired) electrons. The molecular weight excluding hydrogens is 388 g/mol. The van der Waals surface area contributed by atoms with Crippen molar-refractivity contribution in [3.05, 3.63) is 51.6 Å². The molecule has 1 aliphatic rings. The summed E-state index contributed by atoms with van der Waals surface area (Å²) in [5.41, 5.74) is 2.61. The van der Waals surface area contributed by atoms with Crippen molar-refractivity contribution in [1.82, 2.24) is 30.1 Å². The van der Waals surface area contributed by atoms with E-state index in [0.717, 1.165) is 47.1 Å². The number of tetrazole rings is 1. The fraction of sp³-hybridized carbons (Fsp3) is 0.583. The quantitative estimate of drug-likeness (QED) is 0.634. The van der Waals surface area contributed by atoms with E-state index in [2.05, 4.69) is 65.2 Å². The number of nitrogens with zero attached hydrogens (tertiary/aromatic N) is 5. The molecule has 0 spiro atoms. The van der Waals surface area contributed by atoms with Crippen molar-refractivity contribution in [2.45, 2.75) is 90.9 Å². The van der Waals surface area contributed by atoms with Crippen molar-refractivity contribution >= 4 is 10.9 Å². The van der Waals surface area contributed by atoms with Gasteiger partial charge in [-0.3, -0.25) is 9.69 Å². The molecule has 7 heteroatoms. The third kappa shape index (κ3) is 4.28. The van der Waals surface area contributed by atoms with Gasteiger partial charge in [0.25, 0.3) is 5.56 Å². The smallest absolute Gasteiger partial charge is 0.252 e. The van der Waals surface area contributed by atoms with E-state index in [1.165, 1.54) is 12.8 Å². The van der Waals surface area contributed by atoms with Crippen LogP contribution in [0.15, 0.2) is 29.1 Å². The number of para-hydroxylation sites is 1. The van der Waals surface area contributed by atoms with Gasteiger partial charge >= 0.3 is 0 Å². The number of aromatic nitrogens is 5. The van der Waals surface area contributed by atoms with Gasteiger partial charge < -0.3 is 4.98 Å². The molecule has 1 fully saturated rings. The fourth-order valence-electron chi connectivity index (χ4n) is 4.92. The van der Waals surface area contributed by atoms with Crippen LogP contribution < -0.4 is 5.56 Å². The molecule has 2 aromatic heterocycles. The number of pyridine rings is 1. The molecule has 1 atom stereocenters. The largest absolute Gasteiger partial charge is 0.321 e. The number of rotatable bonds is 6. The highest BCUT2D eigenvalue weighted by Crippen LogP contribution is 2.34. The van der Waals surface area contributed by atoms with Crippen LogP contribution in [0.5, 0.6) is 0 Å². The van der Waals surface area contributed by atoms with E-state index in [1.54, 1.807) is 0 Å². The predicted octanol–water partition coefficient (Wildman–Crippen LogP) is 4.47. The molecule has 4 rings (SSSR count). The molecule has 0 amide bonds. The van der Waals surface area contributed by atoms with Crippen LogP contribution in [0, 0.1) is 6.92 Å². The van der Waals surface area contributed by atoms with Crippen LogP contribution in [0.4, 0.5) is 0 Å². The molecule has 7 nitrogen and oxygen atoms in total. The molecule has 1 aliphatic carbocycles. The summed E-state index contributed by atoms with van der Waals surface area (Å²) in [4.78, 5) is 18.6. The minimum Gasteiger partial charge on any atom is -0.321 e. The average molecular weight is 423 g/mol. The lowest BCUT2D eigenvalue weighted by Crippen LogP contribution is -2.40. The van der Waals surface area contributed by atoms with Gasteiger partial charge in [0.05, 0.1) is 17.1 Å². The predicted molar refractivity (Wildman–Crippen MR) is 123 cm³/mol. The van der Waals surface area contributed by atoms with E-state index >= 15 is 0 Å². The van der Waals surface area contributed by atoms with E-state index in [9.17, 15) is 4.79 Å². The van der Waals surface area contributed by atoms with Crippen LogP contribution in [0.3, 0.4) is 0 Å². The van der Waals surface area contributed by atoms with Gasteiger partial charge in [-0.05, 0) is 74.4 Å². The number of benzene rings is 1. The Morgan fingerprint density at radius 2 is 2.00 bits per heavy atom. The van der Waals surface area contributed by atoms with Gasteiger partial charge in [-0.25, -0.2) is 4.68 Å². The minimum atomic E-state index is -0.203. The normalized spacial score (nSPS) is 16.5. The Morgan fingerprint density at radius 1 is 1.26 bits per heavy atom. The summed E-state index contributed by atoms with van der Waals surface area (Å²) in [7, 11) is 0. The molecule has 0 aliphatic heterocycles. The third-order valence-electron chi connectivity index (χ3n) is 6.53. The first-order valence-corrected chi connectivity index (χ1v) is 11.5. The molecule has 3 aromatic rings. The van der Waals surface area contributed by atoms with Gasteiger partial charge in [-0.2, -0.15) is 0 Å². The van der Waals surface area contributed by atoms with Gasteiger partial charge in [0.1, 0.15) is 0 Å². The zero-order chi connectivity index (χ0) is 22.2. The highest BCUT2D eigenvalue weighted by atomic mass is 16.1. The molecule has 1 unspecified atom stereocenters. The maximum atomic E-state index is 13.0. The molecule has 1 saturated carbocycles. The van der Waals surface area contributed by atoms with Crippen LogP contribution in [0.2, 0.25) is 0 Å². The Morgan fingerprint density at radius 3 is 2.68 bits per heavy atom. The number of fused-ring (bicyclic) bond motifs is 1. The average Bonchev–Trinajstić information content (AvgIpc) is 3.41. The Kier molecular flexibility index (Phi) is 5.97. The minimum absolute atomic E-state index is 0.00457. The number of hydrogen-bond acceptors (Lipinski definition) is 5. The number of aromatic amines is 1. The van der Waals surface area contributed by atoms with E-state index in [1.807, 2.05) is 23.7 Å². The summed E-state index contributed by atoms with van der Waals surface area (Å²) in [6.45, 7) is 11.2. The summed E-state index contributed by atoms with van der Waals surface area (Å²) in [6, 6.07) is 8.69. The zero-order valence-corrected chi connectivity index (χ0v) is 19.4. The van der Waals surface area contributed by atoms with Gasteiger partial charge in [-0.1, -0.05) is 38.0 Å². The Hall–Kier alpha value is -2.54. The summed E-state index contributed by atoms with van der Waals surface area (Å²) in [5, 5.41) is 13.8. The summed E-state index contributed by atoms with van der Waals surface area (Å²) in [6.07, 6.45) is 5.65. The second-order valence-corrected chi connectivity index (χ2v) is 9.82. The van der Waals surface area contributed by atoms with Gasteiger partial charge in [0, 0.05) is 18.2 Å². The molecule has 1 aromatic carbocycles. The maximum absolute atomic E-state index is 13.0. The number of H-pyrrole nitrogens is 1. The van der Waals surface area contributed by atoms with Crippen molar-refractivity contribution < 1.29 is 0 Å². The molecule has 166 valence electrons. The number of aryl methyl sites for hydroxylation is 1. The topological polar surface area (TPSA) is 79.7 Å². The van der Waals surface area contributed by atoms with Gasteiger partial charge in [0.15, 0.2) is 5.82 Å². The van der Waals surface area contributed by atoms with E-state index < -0.39 is 0 Å². The second kappa shape index (κ2) is 8.54. The number of hydrogen-bond donors (Lipinski definition) is 1. The molecule has 0 bridgehead atoms. The van der Waals surface area contributed by atoms with Crippen LogP contribution in [-0.2, 0) is 12.1 Å². The zero-order valence-electron chi connectivity index (χ0n) is 19.4. The third-order valence-corrected chi connectivity index (χ3v) is 6.53.